The Labute approximate surface area is 172 Å². The summed E-state index contributed by atoms with van der Waals surface area (Å²) in [4.78, 5) is 36.3. The number of hydrogen-bond acceptors (Lipinski definition) is 6. The number of hydrogen-bond donors (Lipinski definition) is 4. The van der Waals surface area contributed by atoms with Gasteiger partial charge in [-0.1, -0.05) is 18.2 Å². The molecule has 0 atom stereocenters. The zero-order chi connectivity index (χ0) is 21.3. The second-order valence-electron chi connectivity index (χ2n) is 6.07. The largest absolute Gasteiger partial charge is 0.495 e. The van der Waals surface area contributed by atoms with Gasteiger partial charge in [0.25, 0.3) is 17.7 Å². The second kappa shape index (κ2) is 9.78. The van der Waals surface area contributed by atoms with Crippen LogP contribution in [0.4, 0.5) is 11.4 Å². The molecule has 0 fully saturated rings. The summed E-state index contributed by atoms with van der Waals surface area (Å²) in [6, 6.07) is 16.6. The first kappa shape index (κ1) is 20.5. The number of hydrazine groups is 1. The summed E-state index contributed by atoms with van der Waals surface area (Å²) in [5.41, 5.74) is 5.98. The van der Waals surface area contributed by atoms with Crippen LogP contribution in [0.2, 0.25) is 0 Å². The van der Waals surface area contributed by atoms with Gasteiger partial charge in [0.05, 0.1) is 25.6 Å². The molecule has 30 heavy (non-hydrogen) atoms. The lowest BCUT2D eigenvalue weighted by atomic mass is 10.2. The van der Waals surface area contributed by atoms with E-state index in [-0.39, 0.29) is 17.9 Å². The number of para-hydroxylation sites is 2. The first-order chi connectivity index (χ1) is 14.6. The lowest BCUT2D eigenvalue weighted by molar-refractivity contribution is -0.120. The molecular weight excluding hydrogens is 388 g/mol. The van der Waals surface area contributed by atoms with Crippen LogP contribution in [-0.2, 0) is 4.79 Å². The van der Waals surface area contributed by atoms with Crippen LogP contribution in [0, 0.1) is 0 Å². The van der Waals surface area contributed by atoms with Crippen LogP contribution in [0.15, 0.2) is 71.3 Å². The number of carbonyl (C=O) groups is 3. The summed E-state index contributed by atoms with van der Waals surface area (Å²) in [5, 5.41) is 5.56. The van der Waals surface area contributed by atoms with E-state index in [1.54, 1.807) is 36.4 Å². The van der Waals surface area contributed by atoms with Crippen LogP contribution in [0.1, 0.15) is 20.9 Å². The van der Waals surface area contributed by atoms with Crippen LogP contribution in [0.5, 0.6) is 5.75 Å². The van der Waals surface area contributed by atoms with Gasteiger partial charge in [-0.25, -0.2) is 0 Å². The Hall–Kier alpha value is -4.27. The summed E-state index contributed by atoms with van der Waals surface area (Å²) in [6.45, 7) is -0.0695. The Balaban J connectivity index is 1.51. The predicted octanol–water partition coefficient (Wildman–Crippen LogP) is 2.41. The number of amides is 3. The van der Waals surface area contributed by atoms with Gasteiger partial charge in [-0.2, -0.15) is 0 Å². The third kappa shape index (κ3) is 5.38. The molecule has 0 radical (unpaired) electrons. The Morgan fingerprint density at radius 2 is 1.77 bits per heavy atom. The van der Waals surface area contributed by atoms with Crippen LogP contribution in [-0.4, -0.2) is 31.4 Å². The first-order valence-corrected chi connectivity index (χ1v) is 8.98. The Kier molecular flexibility index (Phi) is 6.67. The highest BCUT2D eigenvalue weighted by Crippen LogP contribution is 2.22. The molecule has 0 aliphatic carbocycles. The fourth-order valence-electron chi connectivity index (χ4n) is 2.55. The van der Waals surface area contributed by atoms with Crippen molar-refractivity contribution in [3.05, 3.63) is 78.3 Å². The van der Waals surface area contributed by atoms with Crippen molar-refractivity contribution in [1.29, 1.82) is 0 Å². The van der Waals surface area contributed by atoms with Crippen LogP contribution < -0.4 is 26.2 Å². The van der Waals surface area contributed by atoms with Gasteiger partial charge in [-0.05, 0) is 42.5 Å². The van der Waals surface area contributed by atoms with Crippen LogP contribution in [0.25, 0.3) is 0 Å². The fraction of sp³-hybridized carbons (Fsp3) is 0.0952. The van der Waals surface area contributed by atoms with Crippen LogP contribution >= 0.6 is 0 Å². The Bertz CT molecular complexity index is 1030. The molecule has 0 aliphatic rings. The average Bonchev–Trinajstić information content (AvgIpc) is 3.31. The second-order valence-corrected chi connectivity index (χ2v) is 6.07. The Morgan fingerprint density at radius 1 is 0.933 bits per heavy atom. The lowest BCUT2D eigenvalue weighted by Crippen LogP contribution is -2.44. The molecule has 0 saturated heterocycles. The number of benzene rings is 2. The van der Waals surface area contributed by atoms with Crippen molar-refractivity contribution in [3.8, 4) is 5.75 Å². The van der Waals surface area contributed by atoms with Crippen molar-refractivity contribution >= 4 is 29.1 Å². The van der Waals surface area contributed by atoms with Gasteiger partial charge in [0.15, 0.2) is 5.76 Å². The molecule has 2 aromatic carbocycles. The van der Waals surface area contributed by atoms with Crippen LogP contribution in [0.3, 0.4) is 0 Å². The molecule has 9 nitrogen and oxygen atoms in total. The molecule has 3 amide bonds. The van der Waals surface area contributed by atoms with E-state index < -0.39 is 17.7 Å². The van der Waals surface area contributed by atoms with E-state index in [1.807, 2.05) is 12.1 Å². The molecule has 0 saturated carbocycles. The number of nitrogens with one attached hydrogen (secondary N) is 4. The van der Waals surface area contributed by atoms with Gasteiger partial charge in [0, 0.05) is 11.3 Å². The number of rotatable bonds is 7. The molecule has 9 heteroatoms. The smallest absolute Gasteiger partial charge is 0.291 e. The topological polar surface area (TPSA) is 122 Å². The average molecular weight is 408 g/mol. The van der Waals surface area contributed by atoms with Gasteiger partial charge in [0.2, 0.25) is 0 Å². The first-order valence-electron chi connectivity index (χ1n) is 8.98. The van der Waals surface area contributed by atoms with Crippen molar-refractivity contribution in [2.75, 3.05) is 24.3 Å². The van der Waals surface area contributed by atoms with E-state index in [1.165, 1.54) is 25.5 Å². The van der Waals surface area contributed by atoms with Crippen molar-refractivity contribution in [2.24, 2.45) is 0 Å². The minimum absolute atomic E-state index is 0.0695. The molecule has 4 N–H and O–H groups in total. The molecular formula is C21H20N4O5. The lowest BCUT2D eigenvalue weighted by Gasteiger charge is -2.12. The summed E-state index contributed by atoms with van der Waals surface area (Å²) in [5.74, 6) is -0.665. The molecule has 0 bridgehead atoms. The highest BCUT2D eigenvalue weighted by atomic mass is 16.5. The van der Waals surface area contributed by atoms with Gasteiger partial charge in [0.1, 0.15) is 5.75 Å². The summed E-state index contributed by atoms with van der Waals surface area (Å²) in [7, 11) is 1.53. The quantitative estimate of drug-likeness (QED) is 0.446. The Morgan fingerprint density at radius 3 is 2.53 bits per heavy atom. The maximum absolute atomic E-state index is 12.3. The van der Waals surface area contributed by atoms with Crippen molar-refractivity contribution in [1.82, 2.24) is 10.9 Å². The highest BCUT2D eigenvalue weighted by molar-refractivity contribution is 6.03. The van der Waals surface area contributed by atoms with Crippen molar-refractivity contribution < 1.29 is 23.5 Å². The standard InChI is InChI=1S/C21H20N4O5/c1-29-17-9-3-2-8-16(17)22-13-19(26)24-25-20(27)14-6-4-7-15(12-14)23-21(28)18-10-5-11-30-18/h2-12,22H,13H2,1H3,(H,23,28)(H,24,26)(H,25,27). The molecule has 3 aromatic rings. The van der Waals surface area contributed by atoms with E-state index >= 15 is 0 Å². The summed E-state index contributed by atoms with van der Waals surface area (Å²) < 4.78 is 10.2. The van der Waals surface area contributed by atoms with E-state index in [2.05, 4.69) is 21.5 Å². The minimum Gasteiger partial charge on any atom is -0.495 e. The number of anilines is 2. The zero-order valence-corrected chi connectivity index (χ0v) is 16.1. The molecule has 1 aromatic heterocycles. The molecule has 0 unspecified atom stereocenters. The molecule has 3 rings (SSSR count). The number of furan rings is 1. The SMILES string of the molecule is COc1ccccc1NCC(=O)NNC(=O)c1cccc(NC(=O)c2ccco2)c1. The normalized spacial score (nSPS) is 10.0. The summed E-state index contributed by atoms with van der Waals surface area (Å²) >= 11 is 0. The van der Waals surface area contributed by atoms with E-state index in [0.717, 1.165) is 0 Å². The minimum atomic E-state index is -0.533. The van der Waals surface area contributed by atoms with E-state index in [4.69, 9.17) is 9.15 Å². The third-order valence-corrected chi connectivity index (χ3v) is 3.99. The third-order valence-electron chi connectivity index (χ3n) is 3.99. The molecule has 0 aliphatic heterocycles. The predicted molar refractivity (Wildman–Crippen MR) is 110 cm³/mol. The number of methoxy groups -OCH3 is 1. The zero-order valence-electron chi connectivity index (χ0n) is 16.1. The van der Waals surface area contributed by atoms with Crippen molar-refractivity contribution in [3.63, 3.8) is 0 Å². The van der Waals surface area contributed by atoms with E-state index in [9.17, 15) is 14.4 Å². The molecule has 1 heterocycles. The van der Waals surface area contributed by atoms with Gasteiger partial charge < -0.3 is 19.8 Å². The van der Waals surface area contributed by atoms with Gasteiger partial charge >= 0.3 is 0 Å². The fourth-order valence-corrected chi connectivity index (χ4v) is 2.55. The van der Waals surface area contributed by atoms with Crippen molar-refractivity contribution in [2.45, 2.75) is 0 Å². The number of carbonyl (C=O) groups excluding carboxylic acids is 3. The maximum atomic E-state index is 12.3. The molecule has 154 valence electrons. The maximum Gasteiger partial charge on any atom is 0.291 e. The number of ether oxygens (including phenoxy) is 1. The van der Waals surface area contributed by atoms with E-state index in [0.29, 0.717) is 17.1 Å². The molecule has 0 spiro atoms. The summed E-state index contributed by atoms with van der Waals surface area (Å²) in [6.07, 6.45) is 1.39. The van der Waals surface area contributed by atoms with Gasteiger partial charge in [-0.3, -0.25) is 25.2 Å². The monoisotopic (exact) mass is 408 g/mol. The van der Waals surface area contributed by atoms with Gasteiger partial charge in [-0.15, -0.1) is 0 Å². The highest BCUT2D eigenvalue weighted by Gasteiger charge is 2.12.